The fourth-order valence-electron chi connectivity index (χ4n) is 2.09. The lowest BCUT2D eigenvalue weighted by Gasteiger charge is -2.31. The van der Waals surface area contributed by atoms with Crippen LogP contribution in [0.1, 0.15) is 18.4 Å². The van der Waals surface area contributed by atoms with Crippen LogP contribution in [0.4, 0.5) is 0 Å². The zero-order chi connectivity index (χ0) is 13.1. The Morgan fingerprint density at radius 3 is 2.89 bits per heavy atom. The molecular weight excluding hydrogens is 296 g/mol. The van der Waals surface area contributed by atoms with Crippen molar-refractivity contribution in [3.8, 4) is 5.75 Å². The van der Waals surface area contributed by atoms with Gasteiger partial charge in [0.1, 0.15) is 5.75 Å². The number of hydrogen-bond acceptors (Lipinski definition) is 3. The molecule has 1 aromatic carbocycles. The molecule has 0 spiro atoms. The number of hydrogen-bond donors (Lipinski definition) is 2. The van der Waals surface area contributed by atoms with Gasteiger partial charge in [0.2, 0.25) is 5.91 Å². The maximum atomic E-state index is 11.8. The third kappa shape index (κ3) is 3.03. The van der Waals surface area contributed by atoms with Crippen molar-refractivity contribution in [3.05, 3.63) is 28.2 Å². The number of nitrogens with two attached hydrogens (primary N) is 1. The molecule has 0 heterocycles. The highest BCUT2D eigenvalue weighted by atomic mass is 79.9. The maximum absolute atomic E-state index is 11.8. The number of carbonyl (C=O) groups is 1. The van der Waals surface area contributed by atoms with Crippen molar-refractivity contribution in [3.63, 3.8) is 0 Å². The van der Waals surface area contributed by atoms with E-state index in [1.165, 1.54) is 0 Å². The minimum Gasteiger partial charge on any atom is -0.496 e. The number of ether oxygens (including phenoxy) is 1. The molecule has 1 saturated carbocycles. The normalized spacial score (nSPS) is 22.2. The summed E-state index contributed by atoms with van der Waals surface area (Å²) in [6, 6.07) is 5.94. The molecule has 0 unspecified atom stereocenters. The molecule has 1 amide bonds. The number of halogens is 1. The summed E-state index contributed by atoms with van der Waals surface area (Å²) in [7, 11) is 1.62. The molecule has 0 aromatic heterocycles. The lowest BCUT2D eigenvalue weighted by Crippen LogP contribution is -2.44. The van der Waals surface area contributed by atoms with E-state index in [1.807, 2.05) is 18.2 Å². The first kappa shape index (κ1) is 13.4. The van der Waals surface area contributed by atoms with Crippen molar-refractivity contribution >= 4 is 21.8 Å². The zero-order valence-corrected chi connectivity index (χ0v) is 11.9. The average molecular weight is 313 g/mol. The van der Waals surface area contributed by atoms with Crippen molar-refractivity contribution in [1.82, 2.24) is 5.32 Å². The first-order valence-electron chi connectivity index (χ1n) is 5.96. The average Bonchev–Trinajstić information content (AvgIpc) is 2.32. The van der Waals surface area contributed by atoms with Crippen LogP contribution in [0.25, 0.3) is 0 Å². The molecule has 18 heavy (non-hydrogen) atoms. The maximum Gasteiger partial charge on any atom is 0.223 e. The van der Waals surface area contributed by atoms with Crippen molar-refractivity contribution in [2.75, 3.05) is 7.11 Å². The number of rotatable bonds is 4. The lowest BCUT2D eigenvalue weighted by atomic mass is 9.80. The van der Waals surface area contributed by atoms with Gasteiger partial charge in [-0.1, -0.05) is 15.9 Å². The molecule has 0 radical (unpaired) electrons. The molecule has 5 heteroatoms. The Balaban J connectivity index is 1.93. The standard InChI is InChI=1S/C13H17BrN2O2/c1-18-12-3-2-10(14)4-9(12)7-16-13(17)8-5-11(15)6-8/h2-4,8,11H,5-7,15H2,1H3,(H,16,17). The van der Waals surface area contributed by atoms with Crippen LogP contribution >= 0.6 is 15.9 Å². The second-order valence-corrected chi connectivity index (χ2v) is 5.52. The van der Waals surface area contributed by atoms with Gasteiger partial charge in [0.25, 0.3) is 0 Å². The van der Waals surface area contributed by atoms with E-state index in [0.717, 1.165) is 28.6 Å². The fraction of sp³-hybridized carbons (Fsp3) is 0.462. The minimum atomic E-state index is 0.0816. The van der Waals surface area contributed by atoms with E-state index in [0.29, 0.717) is 6.54 Å². The molecule has 1 fully saturated rings. The Kier molecular flexibility index (Phi) is 4.24. The third-order valence-corrected chi connectivity index (χ3v) is 3.73. The Morgan fingerprint density at radius 1 is 1.56 bits per heavy atom. The van der Waals surface area contributed by atoms with Gasteiger partial charge in [-0.2, -0.15) is 0 Å². The molecule has 4 nitrogen and oxygen atoms in total. The summed E-state index contributed by atoms with van der Waals surface area (Å²) in [5.74, 6) is 0.945. The van der Waals surface area contributed by atoms with E-state index in [-0.39, 0.29) is 17.9 Å². The molecule has 0 bridgehead atoms. The number of carbonyl (C=O) groups excluding carboxylic acids is 1. The number of methoxy groups -OCH3 is 1. The largest absolute Gasteiger partial charge is 0.496 e. The Bertz CT molecular complexity index is 445. The van der Waals surface area contributed by atoms with Gasteiger partial charge >= 0.3 is 0 Å². The second kappa shape index (κ2) is 5.71. The first-order chi connectivity index (χ1) is 8.60. The monoisotopic (exact) mass is 312 g/mol. The van der Waals surface area contributed by atoms with Crippen molar-refractivity contribution in [2.24, 2.45) is 11.7 Å². The summed E-state index contributed by atoms with van der Waals surface area (Å²) in [6.45, 7) is 0.479. The summed E-state index contributed by atoms with van der Waals surface area (Å²) < 4.78 is 6.23. The van der Waals surface area contributed by atoms with Crippen LogP contribution in [-0.2, 0) is 11.3 Å². The topological polar surface area (TPSA) is 64.3 Å². The van der Waals surface area contributed by atoms with Crippen LogP contribution < -0.4 is 15.8 Å². The Morgan fingerprint density at radius 2 is 2.28 bits per heavy atom. The van der Waals surface area contributed by atoms with E-state index >= 15 is 0 Å². The van der Waals surface area contributed by atoms with Gasteiger partial charge in [-0.25, -0.2) is 0 Å². The zero-order valence-electron chi connectivity index (χ0n) is 10.3. The van der Waals surface area contributed by atoms with E-state index in [1.54, 1.807) is 7.11 Å². The Labute approximate surface area is 115 Å². The van der Waals surface area contributed by atoms with Crippen molar-refractivity contribution < 1.29 is 9.53 Å². The lowest BCUT2D eigenvalue weighted by molar-refractivity contribution is -0.128. The first-order valence-corrected chi connectivity index (χ1v) is 6.75. The molecule has 3 N–H and O–H groups in total. The number of nitrogens with one attached hydrogen (secondary N) is 1. The number of amides is 1. The third-order valence-electron chi connectivity index (χ3n) is 3.24. The van der Waals surface area contributed by atoms with E-state index in [2.05, 4.69) is 21.2 Å². The highest BCUT2D eigenvalue weighted by molar-refractivity contribution is 9.10. The molecule has 0 aliphatic heterocycles. The number of benzene rings is 1. The van der Waals surface area contributed by atoms with Crippen LogP contribution in [0.3, 0.4) is 0 Å². The van der Waals surface area contributed by atoms with E-state index < -0.39 is 0 Å². The van der Waals surface area contributed by atoms with Crippen molar-refractivity contribution in [2.45, 2.75) is 25.4 Å². The van der Waals surface area contributed by atoms with Crippen LogP contribution in [0.5, 0.6) is 5.75 Å². The molecule has 1 aliphatic carbocycles. The van der Waals surface area contributed by atoms with E-state index in [4.69, 9.17) is 10.5 Å². The van der Waals surface area contributed by atoms with Crippen LogP contribution in [0, 0.1) is 5.92 Å². The quantitative estimate of drug-likeness (QED) is 0.891. The van der Waals surface area contributed by atoms with Gasteiger partial charge in [-0.05, 0) is 31.0 Å². The van der Waals surface area contributed by atoms with Gasteiger partial charge in [-0.15, -0.1) is 0 Å². The van der Waals surface area contributed by atoms with Gasteiger partial charge in [0.05, 0.1) is 7.11 Å². The van der Waals surface area contributed by atoms with Gasteiger partial charge in [0, 0.05) is 28.5 Å². The summed E-state index contributed by atoms with van der Waals surface area (Å²) >= 11 is 3.41. The van der Waals surface area contributed by atoms with Crippen LogP contribution in [0.15, 0.2) is 22.7 Å². The molecule has 0 saturated heterocycles. The molecule has 0 atom stereocenters. The van der Waals surface area contributed by atoms with Crippen LogP contribution in [-0.4, -0.2) is 19.1 Å². The molecule has 1 aromatic rings. The van der Waals surface area contributed by atoms with Gasteiger partial charge in [-0.3, -0.25) is 4.79 Å². The molecule has 2 rings (SSSR count). The smallest absolute Gasteiger partial charge is 0.223 e. The summed E-state index contributed by atoms with van der Waals surface area (Å²) in [5, 5.41) is 2.93. The predicted molar refractivity (Wildman–Crippen MR) is 73.2 cm³/mol. The summed E-state index contributed by atoms with van der Waals surface area (Å²) in [4.78, 5) is 11.8. The SMILES string of the molecule is COc1ccc(Br)cc1CNC(=O)C1CC(N)C1. The van der Waals surface area contributed by atoms with Gasteiger partial charge < -0.3 is 15.8 Å². The van der Waals surface area contributed by atoms with E-state index in [9.17, 15) is 4.79 Å². The molecule has 1 aliphatic rings. The summed E-state index contributed by atoms with van der Waals surface area (Å²) in [6.07, 6.45) is 1.59. The minimum absolute atomic E-state index is 0.0816. The van der Waals surface area contributed by atoms with Crippen LogP contribution in [0.2, 0.25) is 0 Å². The summed E-state index contributed by atoms with van der Waals surface area (Å²) in [5.41, 5.74) is 6.64. The predicted octanol–water partition coefficient (Wildman–Crippen LogP) is 1.81. The molecule has 98 valence electrons. The Hall–Kier alpha value is -1.07. The highest BCUT2D eigenvalue weighted by Crippen LogP contribution is 2.26. The fourth-order valence-corrected chi connectivity index (χ4v) is 2.50. The highest BCUT2D eigenvalue weighted by Gasteiger charge is 2.31. The van der Waals surface area contributed by atoms with Crippen molar-refractivity contribution in [1.29, 1.82) is 0 Å². The molecular formula is C13H17BrN2O2. The second-order valence-electron chi connectivity index (χ2n) is 4.60. The van der Waals surface area contributed by atoms with Gasteiger partial charge in [0.15, 0.2) is 0 Å².